The van der Waals surface area contributed by atoms with E-state index in [4.69, 9.17) is 23.2 Å². The van der Waals surface area contributed by atoms with Crippen molar-refractivity contribution in [2.45, 2.75) is 43.5 Å². The topological polar surface area (TPSA) is 12.4 Å². The van der Waals surface area contributed by atoms with E-state index in [1.54, 1.807) is 0 Å². The Morgan fingerprint density at radius 3 is 2.22 bits per heavy atom. The van der Waals surface area contributed by atoms with Gasteiger partial charge in [-0.3, -0.25) is 4.99 Å². The zero-order chi connectivity index (χ0) is 13.6. The lowest BCUT2D eigenvalue weighted by Crippen LogP contribution is -2.14. The van der Waals surface area contributed by atoms with Gasteiger partial charge in [-0.2, -0.15) is 0 Å². The molecule has 98 valence electrons. The Bertz CT molecular complexity index is 459. The maximum atomic E-state index is 6.45. The Labute approximate surface area is 119 Å². The standard InChI is InChI=1S/C15H19Cl2N/c1-13(2,3)18-10-14(4)12(15(14,16)17)11-8-6-5-7-9-11/h5-10,12H,1-4H3. The minimum Gasteiger partial charge on any atom is -0.291 e. The molecule has 1 aromatic carbocycles. The first-order valence-corrected chi connectivity index (χ1v) is 6.93. The molecule has 1 saturated carbocycles. The van der Waals surface area contributed by atoms with Crippen LogP contribution in [-0.2, 0) is 0 Å². The number of benzene rings is 1. The molecule has 0 spiro atoms. The fourth-order valence-corrected chi connectivity index (χ4v) is 3.15. The van der Waals surface area contributed by atoms with Crippen LogP contribution in [0.5, 0.6) is 0 Å². The highest BCUT2D eigenvalue weighted by molar-refractivity contribution is 6.54. The maximum Gasteiger partial charge on any atom is 0.137 e. The van der Waals surface area contributed by atoms with Crippen molar-refractivity contribution < 1.29 is 0 Å². The molecule has 1 nitrogen and oxygen atoms in total. The quantitative estimate of drug-likeness (QED) is 0.544. The fraction of sp³-hybridized carbons (Fsp3) is 0.533. The summed E-state index contributed by atoms with van der Waals surface area (Å²) in [6.45, 7) is 8.27. The van der Waals surface area contributed by atoms with E-state index < -0.39 is 4.33 Å². The first-order valence-electron chi connectivity index (χ1n) is 6.18. The highest BCUT2D eigenvalue weighted by Gasteiger charge is 2.72. The van der Waals surface area contributed by atoms with Crippen LogP contribution >= 0.6 is 23.2 Å². The van der Waals surface area contributed by atoms with Gasteiger partial charge in [-0.25, -0.2) is 0 Å². The monoisotopic (exact) mass is 283 g/mol. The SMILES string of the molecule is CC(C)(C)N=CC1(C)C(c2ccccc2)C1(Cl)Cl. The van der Waals surface area contributed by atoms with Crippen molar-refractivity contribution >= 4 is 29.4 Å². The molecule has 0 bridgehead atoms. The summed E-state index contributed by atoms with van der Waals surface area (Å²) < 4.78 is -0.761. The van der Waals surface area contributed by atoms with Gasteiger partial charge in [0.15, 0.2) is 0 Å². The van der Waals surface area contributed by atoms with Crippen LogP contribution < -0.4 is 0 Å². The average Bonchev–Trinajstić information content (AvgIpc) is 2.71. The molecule has 0 aromatic heterocycles. The summed E-state index contributed by atoms with van der Waals surface area (Å²) in [6, 6.07) is 10.2. The third kappa shape index (κ3) is 2.31. The lowest BCUT2D eigenvalue weighted by molar-refractivity contribution is 0.577. The molecule has 0 aliphatic heterocycles. The zero-order valence-electron chi connectivity index (χ0n) is 11.2. The number of hydrogen-bond acceptors (Lipinski definition) is 1. The summed E-state index contributed by atoms with van der Waals surface area (Å²) in [5.41, 5.74) is 0.784. The van der Waals surface area contributed by atoms with Gasteiger partial charge in [-0.05, 0) is 26.3 Å². The molecule has 0 radical (unpaired) electrons. The van der Waals surface area contributed by atoms with Crippen molar-refractivity contribution in [2.24, 2.45) is 10.4 Å². The van der Waals surface area contributed by atoms with Gasteiger partial charge in [-0.15, -0.1) is 0 Å². The lowest BCUT2D eigenvalue weighted by atomic mass is 10.0. The molecule has 2 unspecified atom stereocenters. The van der Waals surface area contributed by atoms with Gasteiger partial charge in [0.2, 0.25) is 0 Å². The van der Waals surface area contributed by atoms with Gasteiger partial charge in [0.05, 0.1) is 5.54 Å². The molecule has 3 heteroatoms. The van der Waals surface area contributed by atoms with Crippen molar-refractivity contribution in [3.05, 3.63) is 35.9 Å². The molecule has 1 aliphatic carbocycles. The molecule has 0 heterocycles. The first-order chi connectivity index (χ1) is 8.18. The molecule has 0 amide bonds. The van der Waals surface area contributed by atoms with Crippen molar-refractivity contribution in [1.82, 2.24) is 0 Å². The van der Waals surface area contributed by atoms with Gasteiger partial charge in [-0.1, -0.05) is 60.5 Å². The summed E-state index contributed by atoms with van der Waals surface area (Å²) >= 11 is 12.9. The van der Waals surface area contributed by atoms with Gasteiger partial charge in [0, 0.05) is 17.5 Å². The smallest absolute Gasteiger partial charge is 0.137 e. The van der Waals surface area contributed by atoms with E-state index in [1.807, 2.05) is 24.4 Å². The summed E-state index contributed by atoms with van der Waals surface area (Å²) in [5.74, 6) is 0.112. The van der Waals surface area contributed by atoms with E-state index in [0.717, 1.165) is 0 Å². The predicted octanol–water partition coefficient (Wildman–Crippen LogP) is 4.83. The van der Waals surface area contributed by atoms with E-state index in [1.165, 1.54) is 5.56 Å². The Kier molecular flexibility index (Phi) is 3.28. The molecule has 0 N–H and O–H groups in total. The van der Waals surface area contributed by atoms with Gasteiger partial charge >= 0.3 is 0 Å². The summed E-state index contributed by atoms with van der Waals surface area (Å²) in [5, 5.41) is 0. The second kappa shape index (κ2) is 4.25. The Morgan fingerprint density at radius 1 is 1.17 bits per heavy atom. The Hall–Kier alpha value is -0.530. The molecular formula is C15H19Cl2N. The zero-order valence-corrected chi connectivity index (χ0v) is 12.8. The van der Waals surface area contributed by atoms with Gasteiger partial charge in [0.25, 0.3) is 0 Å². The third-order valence-electron chi connectivity index (χ3n) is 3.45. The van der Waals surface area contributed by atoms with Crippen LogP contribution in [0.1, 0.15) is 39.2 Å². The third-order valence-corrected chi connectivity index (χ3v) is 4.70. The van der Waals surface area contributed by atoms with Crippen molar-refractivity contribution in [2.75, 3.05) is 0 Å². The predicted molar refractivity (Wildman–Crippen MR) is 80.0 cm³/mol. The molecule has 1 fully saturated rings. The van der Waals surface area contributed by atoms with E-state index in [-0.39, 0.29) is 16.9 Å². The average molecular weight is 284 g/mol. The maximum absolute atomic E-state index is 6.45. The van der Waals surface area contributed by atoms with Gasteiger partial charge < -0.3 is 0 Å². The molecule has 2 rings (SSSR count). The Balaban J connectivity index is 2.28. The van der Waals surface area contributed by atoms with Crippen LogP contribution in [0.2, 0.25) is 0 Å². The second-order valence-electron chi connectivity index (χ2n) is 6.18. The number of rotatable bonds is 2. The molecule has 2 atom stereocenters. The normalized spacial score (nSPS) is 30.7. The van der Waals surface area contributed by atoms with Crippen molar-refractivity contribution in [1.29, 1.82) is 0 Å². The first kappa shape index (κ1) is 13.9. The highest BCUT2D eigenvalue weighted by Crippen LogP contribution is 2.73. The Morgan fingerprint density at radius 2 is 1.72 bits per heavy atom. The molecule has 18 heavy (non-hydrogen) atoms. The molecule has 1 aromatic rings. The molecule has 1 aliphatic rings. The number of hydrogen-bond donors (Lipinski definition) is 0. The van der Waals surface area contributed by atoms with E-state index in [2.05, 4.69) is 44.8 Å². The minimum absolute atomic E-state index is 0.101. The van der Waals surface area contributed by atoms with Crippen LogP contribution in [0, 0.1) is 5.41 Å². The second-order valence-corrected chi connectivity index (χ2v) is 7.56. The van der Waals surface area contributed by atoms with E-state index in [9.17, 15) is 0 Å². The van der Waals surface area contributed by atoms with Crippen LogP contribution in [-0.4, -0.2) is 16.1 Å². The van der Waals surface area contributed by atoms with Crippen molar-refractivity contribution in [3.63, 3.8) is 0 Å². The van der Waals surface area contributed by atoms with Crippen LogP contribution in [0.3, 0.4) is 0 Å². The van der Waals surface area contributed by atoms with E-state index >= 15 is 0 Å². The number of halogens is 2. The summed E-state index contributed by atoms with van der Waals surface area (Å²) in [7, 11) is 0. The number of aliphatic imine (C=N–C) groups is 1. The minimum atomic E-state index is -0.761. The summed E-state index contributed by atoms with van der Waals surface area (Å²) in [4.78, 5) is 4.57. The molecule has 0 saturated heterocycles. The highest BCUT2D eigenvalue weighted by atomic mass is 35.5. The molecular weight excluding hydrogens is 265 g/mol. The lowest BCUT2D eigenvalue weighted by Gasteiger charge is -2.13. The summed E-state index contributed by atoms with van der Waals surface area (Å²) in [6.07, 6.45) is 1.94. The van der Waals surface area contributed by atoms with Crippen LogP contribution in [0.15, 0.2) is 35.3 Å². The van der Waals surface area contributed by atoms with Gasteiger partial charge in [0.1, 0.15) is 4.33 Å². The van der Waals surface area contributed by atoms with Crippen LogP contribution in [0.4, 0.5) is 0 Å². The van der Waals surface area contributed by atoms with Crippen molar-refractivity contribution in [3.8, 4) is 0 Å². The largest absolute Gasteiger partial charge is 0.291 e. The van der Waals surface area contributed by atoms with E-state index in [0.29, 0.717) is 0 Å². The number of nitrogens with zero attached hydrogens (tertiary/aromatic N) is 1. The fourth-order valence-electron chi connectivity index (χ4n) is 2.24. The number of alkyl halides is 2. The van der Waals surface area contributed by atoms with Crippen LogP contribution in [0.25, 0.3) is 0 Å².